The molecule has 0 aromatic carbocycles. The number of aromatic nitrogens is 1. The molecule has 1 aromatic heterocycles. The van der Waals surface area contributed by atoms with Gasteiger partial charge in [-0.05, 0) is 11.6 Å². The number of rotatable bonds is 5. The van der Waals surface area contributed by atoms with E-state index in [0.29, 0.717) is 19.3 Å². The van der Waals surface area contributed by atoms with E-state index < -0.39 is 34.2 Å². The van der Waals surface area contributed by atoms with Crippen molar-refractivity contribution in [1.29, 1.82) is 0 Å². The van der Waals surface area contributed by atoms with Gasteiger partial charge in [-0.1, -0.05) is 6.07 Å². The Kier molecular flexibility index (Phi) is 6.09. The van der Waals surface area contributed by atoms with E-state index in [1.165, 1.54) is 17.0 Å². The molecule has 0 saturated carbocycles. The van der Waals surface area contributed by atoms with E-state index in [1.54, 1.807) is 4.90 Å². The first-order valence-electron chi connectivity index (χ1n) is 7.56. The second-order valence-electron chi connectivity index (χ2n) is 5.82. The zero-order valence-electron chi connectivity index (χ0n) is 13.8. The van der Waals surface area contributed by atoms with Gasteiger partial charge in [0.25, 0.3) is 10.1 Å². The second kappa shape index (κ2) is 7.76. The number of hydrogen-bond donors (Lipinski definition) is 1. The highest BCUT2D eigenvalue weighted by molar-refractivity contribution is 7.86. The average molecular weight is 397 g/mol. The summed E-state index contributed by atoms with van der Waals surface area (Å²) in [5.74, 6) is 0. The summed E-state index contributed by atoms with van der Waals surface area (Å²) < 4.78 is 66.7. The van der Waals surface area contributed by atoms with E-state index in [2.05, 4.69) is 9.17 Å². The van der Waals surface area contributed by atoms with Gasteiger partial charge in [-0.2, -0.15) is 21.6 Å². The van der Waals surface area contributed by atoms with Crippen LogP contribution in [0.25, 0.3) is 0 Å². The van der Waals surface area contributed by atoms with Gasteiger partial charge >= 0.3 is 12.3 Å². The van der Waals surface area contributed by atoms with Crippen molar-refractivity contribution in [2.24, 2.45) is 0 Å². The Hall–Kier alpha value is -1.92. The van der Waals surface area contributed by atoms with Crippen LogP contribution in [0.2, 0.25) is 0 Å². The SMILES string of the molecule is CS(=O)(=O)OC(c1ncccc1CN1CCN(C(=O)O)CC1)C(F)(F)F. The lowest BCUT2D eigenvalue weighted by molar-refractivity contribution is -0.198. The van der Waals surface area contributed by atoms with Crippen molar-refractivity contribution in [3.63, 3.8) is 0 Å². The van der Waals surface area contributed by atoms with Crippen LogP contribution < -0.4 is 0 Å². The van der Waals surface area contributed by atoms with Gasteiger partial charge in [-0.15, -0.1) is 0 Å². The zero-order chi connectivity index (χ0) is 19.5. The van der Waals surface area contributed by atoms with Crippen LogP contribution in [0, 0.1) is 0 Å². The molecule has 2 heterocycles. The molecule has 1 amide bonds. The molecule has 0 radical (unpaired) electrons. The molecule has 1 saturated heterocycles. The van der Waals surface area contributed by atoms with Crippen molar-refractivity contribution in [2.75, 3.05) is 32.4 Å². The van der Waals surface area contributed by atoms with Crippen molar-refractivity contribution in [2.45, 2.75) is 18.8 Å². The van der Waals surface area contributed by atoms with Crippen molar-refractivity contribution in [3.8, 4) is 0 Å². The Bertz CT molecular complexity index is 748. The Morgan fingerprint density at radius 3 is 2.46 bits per heavy atom. The first-order chi connectivity index (χ1) is 12.0. The number of halogens is 3. The molecule has 12 heteroatoms. The fourth-order valence-corrected chi connectivity index (χ4v) is 3.14. The quantitative estimate of drug-likeness (QED) is 0.751. The molecular formula is C14H18F3N3O5S. The van der Waals surface area contributed by atoms with Crippen molar-refractivity contribution >= 4 is 16.2 Å². The Balaban J connectivity index is 2.22. The number of hydrogen-bond acceptors (Lipinski definition) is 6. The minimum Gasteiger partial charge on any atom is -0.465 e. The summed E-state index contributed by atoms with van der Waals surface area (Å²) >= 11 is 0. The molecule has 1 aromatic rings. The third-order valence-corrected chi connectivity index (χ3v) is 4.32. The largest absolute Gasteiger partial charge is 0.465 e. The van der Waals surface area contributed by atoms with E-state index in [0.717, 1.165) is 6.20 Å². The van der Waals surface area contributed by atoms with Crippen molar-refractivity contribution in [1.82, 2.24) is 14.8 Å². The highest BCUT2D eigenvalue weighted by Crippen LogP contribution is 2.37. The summed E-state index contributed by atoms with van der Waals surface area (Å²) in [5.41, 5.74) is -0.353. The van der Waals surface area contributed by atoms with Crippen molar-refractivity contribution in [3.05, 3.63) is 29.6 Å². The maximum absolute atomic E-state index is 13.3. The van der Waals surface area contributed by atoms with Crippen LogP contribution in [0.15, 0.2) is 18.3 Å². The topological polar surface area (TPSA) is 100 Å². The number of pyridine rings is 1. The number of amides is 1. The van der Waals surface area contributed by atoms with Crippen LogP contribution >= 0.6 is 0 Å². The molecule has 26 heavy (non-hydrogen) atoms. The van der Waals surface area contributed by atoms with Gasteiger partial charge in [0.15, 0.2) is 0 Å². The first-order valence-corrected chi connectivity index (χ1v) is 9.38. The van der Waals surface area contributed by atoms with E-state index in [-0.39, 0.29) is 25.2 Å². The van der Waals surface area contributed by atoms with E-state index in [4.69, 9.17) is 5.11 Å². The maximum Gasteiger partial charge on any atom is 0.421 e. The lowest BCUT2D eigenvalue weighted by Gasteiger charge is -2.33. The van der Waals surface area contributed by atoms with Crippen molar-refractivity contribution < 1.29 is 35.7 Å². The number of alkyl halides is 3. The third-order valence-electron chi connectivity index (χ3n) is 3.78. The summed E-state index contributed by atoms with van der Waals surface area (Å²) in [5, 5.41) is 8.93. The molecule has 1 aliphatic heterocycles. The highest BCUT2D eigenvalue weighted by Gasteiger charge is 2.46. The van der Waals surface area contributed by atoms with Crippen LogP contribution in [-0.4, -0.2) is 73.0 Å². The second-order valence-corrected chi connectivity index (χ2v) is 7.42. The van der Waals surface area contributed by atoms with Gasteiger partial charge in [0.2, 0.25) is 6.10 Å². The normalized spacial score (nSPS) is 17.9. The molecule has 8 nitrogen and oxygen atoms in total. The van der Waals surface area contributed by atoms with Crippen LogP contribution in [-0.2, 0) is 20.8 Å². The molecule has 1 N–H and O–H groups in total. The van der Waals surface area contributed by atoms with E-state index in [1.807, 2.05) is 0 Å². The lowest BCUT2D eigenvalue weighted by atomic mass is 10.1. The molecule has 2 rings (SSSR count). The van der Waals surface area contributed by atoms with Gasteiger partial charge in [-0.25, -0.2) is 4.79 Å². The van der Waals surface area contributed by atoms with Crippen LogP contribution in [0.1, 0.15) is 17.4 Å². The molecule has 1 aliphatic rings. The monoisotopic (exact) mass is 397 g/mol. The molecule has 1 fully saturated rings. The highest BCUT2D eigenvalue weighted by atomic mass is 32.2. The predicted octanol–water partition coefficient (Wildman–Crippen LogP) is 1.46. The fraction of sp³-hybridized carbons (Fsp3) is 0.571. The Labute approximate surface area is 148 Å². The van der Waals surface area contributed by atoms with Gasteiger partial charge in [-0.3, -0.25) is 14.1 Å². The number of carboxylic acid groups (broad SMARTS) is 1. The first kappa shape index (κ1) is 20.4. The summed E-state index contributed by atoms with van der Waals surface area (Å²) in [6.45, 7) is 1.20. The Morgan fingerprint density at radius 1 is 1.35 bits per heavy atom. The molecular weight excluding hydrogens is 379 g/mol. The Morgan fingerprint density at radius 2 is 1.96 bits per heavy atom. The van der Waals surface area contributed by atoms with Gasteiger partial charge in [0.1, 0.15) is 0 Å². The molecule has 1 atom stereocenters. The van der Waals surface area contributed by atoms with E-state index in [9.17, 15) is 26.4 Å². The summed E-state index contributed by atoms with van der Waals surface area (Å²) in [6, 6.07) is 2.86. The minimum absolute atomic E-state index is 0.0658. The summed E-state index contributed by atoms with van der Waals surface area (Å²) in [4.78, 5) is 17.6. The molecule has 1 unspecified atom stereocenters. The molecule has 146 valence electrons. The van der Waals surface area contributed by atoms with Gasteiger partial charge in [0.05, 0.1) is 11.9 Å². The number of piperazine rings is 1. The molecule has 0 aliphatic carbocycles. The van der Waals surface area contributed by atoms with Crippen LogP contribution in [0.3, 0.4) is 0 Å². The third kappa shape index (κ3) is 5.54. The fourth-order valence-electron chi connectivity index (χ4n) is 2.59. The van der Waals surface area contributed by atoms with Crippen LogP contribution in [0.4, 0.5) is 18.0 Å². The standard InChI is InChI=1S/C14H18F3N3O5S/c1-26(23,24)25-12(14(15,16)17)11-10(3-2-4-18-11)9-19-5-7-20(8-6-19)13(21)22/h2-4,12H,5-9H2,1H3,(H,21,22). The summed E-state index contributed by atoms with van der Waals surface area (Å²) in [6.07, 6.45) is -7.04. The smallest absolute Gasteiger partial charge is 0.421 e. The number of carbonyl (C=O) groups is 1. The van der Waals surface area contributed by atoms with Gasteiger partial charge in [0, 0.05) is 38.9 Å². The minimum atomic E-state index is -4.96. The maximum atomic E-state index is 13.3. The lowest BCUT2D eigenvalue weighted by Crippen LogP contribution is -2.48. The predicted molar refractivity (Wildman–Crippen MR) is 83.8 cm³/mol. The average Bonchev–Trinajstić information content (AvgIpc) is 2.52. The summed E-state index contributed by atoms with van der Waals surface area (Å²) in [7, 11) is -4.37. The number of nitrogens with zero attached hydrogens (tertiary/aromatic N) is 3. The van der Waals surface area contributed by atoms with Crippen LogP contribution in [0.5, 0.6) is 0 Å². The molecule has 0 bridgehead atoms. The molecule has 0 spiro atoms. The zero-order valence-corrected chi connectivity index (χ0v) is 14.6. The van der Waals surface area contributed by atoms with Gasteiger partial charge < -0.3 is 10.0 Å². The van der Waals surface area contributed by atoms with E-state index >= 15 is 0 Å².